The minimum absolute atomic E-state index is 0.0744. The van der Waals surface area contributed by atoms with Crippen LogP contribution in [0.1, 0.15) is 22.8 Å². The van der Waals surface area contributed by atoms with Crippen molar-refractivity contribution in [3.05, 3.63) is 69.8 Å². The molecular weight excluding hydrogens is 368 g/mol. The van der Waals surface area contributed by atoms with Gasteiger partial charge in [-0.2, -0.15) is 0 Å². The van der Waals surface area contributed by atoms with Crippen LogP contribution in [0, 0.1) is 10.1 Å². The van der Waals surface area contributed by atoms with Crippen LogP contribution in [0.25, 0.3) is 0 Å². The maximum Gasteiger partial charge on any atom is 0.273 e. The molecule has 0 aliphatic carbocycles. The second-order valence-corrected chi connectivity index (χ2v) is 6.06. The van der Waals surface area contributed by atoms with Crippen molar-refractivity contribution < 1.29 is 29.5 Å². The predicted octanol–water partition coefficient (Wildman–Crippen LogP) is 1.21. The second-order valence-electron chi connectivity index (χ2n) is 6.06. The number of amides is 1. The Morgan fingerprint density at radius 1 is 1.21 bits per heavy atom. The van der Waals surface area contributed by atoms with E-state index in [1.165, 1.54) is 37.3 Å². The predicted molar refractivity (Wildman–Crippen MR) is 98.9 cm³/mol. The highest BCUT2D eigenvalue weighted by molar-refractivity contribution is 5.98. The number of nitro groups is 1. The maximum absolute atomic E-state index is 12.2. The molecule has 0 heterocycles. The summed E-state index contributed by atoms with van der Waals surface area (Å²) in [5, 5.41) is 31.6. The Balaban J connectivity index is 1.99. The molecule has 0 saturated carbocycles. The first-order valence-electron chi connectivity index (χ1n) is 8.40. The van der Waals surface area contributed by atoms with E-state index in [1.54, 1.807) is 18.2 Å². The minimum atomic E-state index is -1.20. The molecule has 148 valence electrons. The summed E-state index contributed by atoms with van der Waals surface area (Å²) in [6, 6.07) is 10.9. The van der Waals surface area contributed by atoms with Crippen LogP contribution in [0.15, 0.2) is 48.5 Å². The molecule has 0 spiro atoms. The first-order chi connectivity index (χ1) is 13.3. The Labute approximate surface area is 160 Å². The van der Waals surface area contributed by atoms with Crippen molar-refractivity contribution >= 4 is 17.4 Å². The van der Waals surface area contributed by atoms with Gasteiger partial charge in [-0.1, -0.05) is 18.2 Å². The monoisotopic (exact) mass is 388 g/mol. The van der Waals surface area contributed by atoms with E-state index >= 15 is 0 Å². The molecule has 1 amide bonds. The standard InChI is InChI=1S/C19H20N2O7/c1-12(23)18(17(24)10-22)20-19(25)14-7-5-13(6-8-14)11-28-16-4-2-3-15(9-16)21(26)27/h2-9,12,18,22-23H,10-11H2,1H3,(H,20,25)/t12-,18+/m1/s1. The second kappa shape index (κ2) is 9.58. The van der Waals surface area contributed by atoms with Gasteiger partial charge in [0.15, 0.2) is 5.78 Å². The highest BCUT2D eigenvalue weighted by Gasteiger charge is 2.25. The molecule has 28 heavy (non-hydrogen) atoms. The van der Waals surface area contributed by atoms with Gasteiger partial charge in [0.2, 0.25) is 0 Å². The summed E-state index contributed by atoms with van der Waals surface area (Å²) in [6.45, 7) is 0.693. The molecule has 2 rings (SSSR count). The molecular formula is C19H20N2O7. The zero-order valence-corrected chi connectivity index (χ0v) is 15.1. The Kier molecular flexibility index (Phi) is 7.19. The van der Waals surface area contributed by atoms with Gasteiger partial charge in [-0.25, -0.2) is 0 Å². The summed E-state index contributed by atoms with van der Waals surface area (Å²) in [7, 11) is 0. The third kappa shape index (κ3) is 5.60. The smallest absolute Gasteiger partial charge is 0.273 e. The average molecular weight is 388 g/mol. The fraction of sp³-hybridized carbons (Fsp3) is 0.263. The topological polar surface area (TPSA) is 139 Å². The number of aliphatic hydroxyl groups is 2. The lowest BCUT2D eigenvalue weighted by molar-refractivity contribution is -0.384. The van der Waals surface area contributed by atoms with Gasteiger partial charge in [0, 0.05) is 11.6 Å². The molecule has 0 unspecified atom stereocenters. The SMILES string of the molecule is C[C@@H](O)[C@H](NC(=O)c1ccc(COc2cccc([N+](=O)[O-])c2)cc1)C(=O)CO. The van der Waals surface area contributed by atoms with Crippen molar-refractivity contribution in [2.45, 2.75) is 25.7 Å². The van der Waals surface area contributed by atoms with Crippen molar-refractivity contribution in [3.63, 3.8) is 0 Å². The number of carbonyl (C=O) groups excluding carboxylic acids is 2. The molecule has 9 heteroatoms. The van der Waals surface area contributed by atoms with Crippen LogP contribution in [0.4, 0.5) is 5.69 Å². The lowest BCUT2D eigenvalue weighted by Gasteiger charge is -2.19. The zero-order valence-electron chi connectivity index (χ0n) is 15.1. The molecule has 0 bridgehead atoms. The number of hydrogen-bond acceptors (Lipinski definition) is 7. The number of benzene rings is 2. The number of hydrogen-bond donors (Lipinski definition) is 3. The van der Waals surface area contributed by atoms with Crippen molar-refractivity contribution in [3.8, 4) is 5.75 Å². The molecule has 2 atom stereocenters. The summed E-state index contributed by atoms with van der Waals surface area (Å²) >= 11 is 0. The van der Waals surface area contributed by atoms with E-state index in [4.69, 9.17) is 9.84 Å². The third-order valence-electron chi connectivity index (χ3n) is 3.92. The number of Topliss-reactive ketones (excluding diaryl/α,β-unsaturated/α-hetero) is 1. The van der Waals surface area contributed by atoms with Gasteiger partial charge < -0.3 is 20.3 Å². The number of nitrogens with one attached hydrogen (secondary N) is 1. The largest absolute Gasteiger partial charge is 0.489 e. The van der Waals surface area contributed by atoms with Gasteiger partial charge in [0.1, 0.15) is 25.0 Å². The van der Waals surface area contributed by atoms with Gasteiger partial charge in [-0.05, 0) is 30.7 Å². The summed E-state index contributed by atoms with van der Waals surface area (Å²) in [5.74, 6) is -0.914. The van der Waals surface area contributed by atoms with Gasteiger partial charge in [-0.3, -0.25) is 19.7 Å². The number of aliphatic hydroxyl groups excluding tert-OH is 2. The molecule has 0 radical (unpaired) electrons. The number of ether oxygens (including phenoxy) is 1. The van der Waals surface area contributed by atoms with Gasteiger partial charge in [0.25, 0.3) is 11.6 Å². The summed E-state index contributed by atoms with van der Waals surface area (Å²) in [4.78, 5) is 34.1. The molecule has 0 aliphatic rings. The van der Waals surface area contributed by atoms with Crippen molar-refractivity contribution in [2.75, 3.05) is 6.61 Å². The molecule has 3 N–H and O–H groups in total. The molecule has 0 fully saturated rings. The first kappa shape index (κ1) is 21.0. The Bertz CT molecular complexity index is 850. The Hall–Kier alpha value is -3.30. The van der Waals surface area contributed by atoms with Crippen molar-refractivity contribution in [2.24, 2.45) is 0 Å². The van der Waals surface area contributed by atoms with Crippen LogP contribution < -0.4 is 10.1 Å². The van der Waals surface area contributed by atoms with Crippen molar-refractivity contribution in [1.82, 2.24) is 5.32 Å². The molecule has 9 nitrogen and oxygen atoms in total. The zero-order chi connectivity index (χ0) is 20.7. The van der Waals surface area contributed by atoms with Crippen LogP contribution in [0.3, 0.4) is 0 Å². The van der Waals surface area contributed by atoms with Gasteiger partial charge in [-0.15, -0.1) is 0 Å². The van der Waals surface area contributed by atoms with Gasteiger partial charge >= 0.3 is 0 Å². The van der Waals surface area contributed by atoms with Crippen LogP contribution >= 0.6 is 0 Å². The number of rotatable bonds is 9. The van der Waals surface area contributed by atoms with E-state index in [0.29, 0.717) is 5.75 Å². The van der Waals surface area contributed by atoms with E-state index < -0.39 is 35.4 Å². The molecule has 2 aromatic carbocycles. The average Bonchev–Trinajstić information content (AvgIpc) is 2.70. The van der Waals surface area contributed by atoms with E-state index in [2.05, 4.69) is 5.32 Å². The molecule has 0 saturated heterocycles. The molecule has 0 aliphatic heterocycles. The number of nitro benzene ring substituents is 1. The minimum Gasteiger partial charge on any atom is -0.489 e. The molecule has 2 aromatic rings. The lowest BCUT2D eigenvalue weighted by atomic mass is 10.1. The fourth-order valence-corrected chi connectivity index (χ4v) is 2.40. The molecule has 0 aromatic heterocycles. The summed E-state index contributed by atoms with van der Waals surface area (Å²) in [6.07, 6.45) is -1.15. The quantitative estimate of drug-likeness (QED) is 0.433. The highest BCUT2D eigenvalue weighted by Crippen LogP contribution is 2.20. The van der Waals surface area contributed by atoms with E-state index in [9.17, 15) is 24.8 Å². The Morgan fingerprint density at radius 2 is 1.89 bits per heavy atom. The van der Waals surface area contributed by atoms with Crippen LogP contribution in [0.2, 0.25) is 0 Å². The lowest BCUT2D eigenvalue weighted by Crippen LogP contribution is -2.48. The first-order valence-corrected chi connectivity index (χ1v) is 8.40. The number of carbonyl (C=O) groups is 2. The van der Waals surface area contributed by atoms with Crippen molar-refractivity contribution in [1.29, 1.82) is 0 Å². The van der Waals surface area contributed by atoms with Crippen LogP contribution in [-0.2, 0) is 11.4 Å². The fourth-order valence-electron chi connectivity index (χ4n) is 2.40. The number of ketones is 1. The van der Waals surface area contributed by atoms with E-state index in [-0.39, 0.29) is 17.9 Å². The van der Waals surface area contributed by atoms with Crippen LogP contribution in [-0.4, -0.2) is 45.6 Å². The van der Waals surface area contributed by atoms with Gasteiger partial charge in [0.05, 0.1) is 17.1 Å². The third-order valence-corrected chi connectivity index (χ3v) is 3.92. The Morgan fingerprint density at radius 3 is 2.46 bits per heavy atom. The van der Waals surface area contributed by atoms with Crippen LogP contribution in [0.5, 0.6) is 5.75 Å². The van der Waals surface area contributed by atoms with E-state index in [0.717, 1.165) is 5.56 Å². The number of nitrogens with zero attached hydrogens (tertiary/aromatic N) is 1. The van der Waals surface area contributed by atoms with E-state index in [1.807, 2.05) is 0 Å². The normalized spacial score (nSPS) is 12.7. The number of non-ortho nitro benzene ring substituents is 1. The highest BCUT2D eigenvalue weighted by atomic mass is 16.6. The maximum atomic E-state index is 12.2. The summed E-state index contributed by atoms with van der Waals surface area (Å²) < 4.78 is 5.51. The summed E-state index contributed by atoms with van der Waals surface area (Å²) in [5.41, 5.74) is 0.909.